The van der Waals surface area contributed by atoms with Crippen LogP contribution in [0.3, 0.4) is 0 Å². The third-order valence-electron chi connectivity index (χ3n) is 4.83. The van der Waals surface area contributed by atoms with E-state index in [9.17, 15) is 9.18 Å². The van der Waals surface area contributed by atoms with E-state index in [1.807, 2.05) is 0 Å². The molecule has 0 unspecified atom stereocenters. The van der Waals surface area contributed by atoms with Crippen LogP contribution in [0.25, 0.3) is 0 Å². The van der Waals surface area contributed by atoms with Gasteiger partial charge in [0.25, 0.3) is 6.02 Å². The summed E-state index contributed by atoms with van der Waals surface area (Å²) in [4.78, 5) is 20.5. The predicted molar refractivity (Wildman–Crippen MR) is 103 cm³/mol. The molecule has 0 radical (unpaired) electrons. The molecule has 1 aliphatic rings. The van der Waals surface area contributed by atoms with Crippen LogP contribution in [-0.2, 0) is 16.7 Å². The molecule has 0 aliphatic carbocycles. The van der Waals surface area contributed by atoms with Gasteiger partial charge in [0.05, 0.1) is 10.0 Å². The van der Waals surface area contributed by atoms with Crippen LogP contribution in [0.1, 0.15) is 35.5 Å². The van der Waals surface area contributed by atoms with Crippen molar-refractivity contribution >= 4 is 35.0 Å². The van der Waals surface area contributed by atoms with Crippen LogP contribution in [0.15, 0.2) is 35.5 Å². The van der Waals surface area contributed by atoms with Crippen LogP contribution >= 0.6 is 23.2 Å². The Balaban J connectivity index is 1.98. The van der Waals surface area contributed by atoms with Crippen LogP contribution in [0.2, 0.25) is 10.0 Å². The molecule has 2 atom stereocenters. The molecule has 0 saturated heterocycles. The van der Waals surface area contributed by atoms with Crippen LogP contribution in [-0.4, -0.2) is 29.1 Å². The minimum Gasteiger partial charge on any atom is -0.462 e. The van der Waals surface area contributed by atoms with E-state index in [1.165, 1.54) is 38.2 Å². The van der Waals surface area contributed by atoms with Gasteiger partial charge in [0.1, 0.15) is 23.7 Å². The van der Waals surface area contributed by atoms with E-state index < -0.39 is 17.0 Å². The van der Waals surface area contributed by atoms with Crippen molar-refractivity contribution in [1.82, 2.24) is 4.98 Å². The Morgan fingerprint density at radius 1 is 1.32 bits per heavy atom. The number of alkyl halides is 1. The predicted octanol–water partition coefficient (Wildman–Crippen LogP) is 4.24. The van der Waals surface area contributed by atoms with Crippen molar-refractivity contribution in [3.8, 4) is 0 Å². The first kappa shape index (κ1) is 20.5. The van der Waals surface area contributed by atoms with Gasteiger partial charge in [-0.2, -0.15) is 0 Å². The molecule has 1 aromatic carbocycles. The first-order valence-electron chi connectivity index (χ1n) is 8.34. The highest BCUT2D eigenvalue weighted by Crippen LogP contribution is 2.43. The van der Waals surface area contributed by atoms with Gasteiger partial charge < -0.3 is 10.5 Å². The van der Waals surface area contributed by atoms with Gasteiger partial charge >= 0.3 is 0 Å². The number of rotatable bonds is 4. The maximum atomic E-state index is 15.1. The van der Waals surface area contributed by atoms with Crippen LogP contribution in [0, 0.1) is 5.82 Å². The molecule has 3 rings (SSSR count). The van der Waals surface area contributed by atoms with Crippen LogP contribution < -0.4 is 5.73 Å². The third-order valence-corrected chi connectivity index (χ3v) is 5.33. The summed E-state index contributed by atoms with van der Waals surface area (Å²) in [6, 6.07) is 5.19. The fourth-order valence-corrected chi connectivity index (χ4v) is 3.49. The molecule has 1 aliphatic heterocycles. The maximum Gasteiger partial charge on any atom is 0.283 e. The zero-order valence-corrected chi connectivity index (χ0v) is 16.6. The first-order chi connectivity index (χ1) is 13.0. The Bertz CT molecular complexity index is 982. The highest BCUT2D eigenvalue weighted by Gasteiger charge is 2.51. The Morgan fingerprint density at radius 3 is 2.71 bits per heavy atom. The zero-order valence-electron chi connectivity index (χ0n) is 15.1. The number of nitrogens with zero attached hydrogens (tertiary/aromatic N) is 2. The summed E-state index contributed by atoms with van der Waals surface area (Å²) in [5.74, 6) is -1.05. The molecule has 0 amide bonds. The molecule has 0 spiro atoms. The molecule has 2 N–H and O–H groups in total. The fourth-order valence-electron chi connectivity index (χ4n) is 3.00. The molecule has 2 aromatic rings. The van der Waals surface area contributed by atoms with Crippen LogP contribution in [0.5, 0.6) is 0 Å². The van der Waals surface area contributed by atoms with E-state index in [0.29, 0.717) is 10.6 Å². The lowest BCUT2D eigenvalue weighted by atomic mass is 9.77. The summed E-state index contributed by atoms with van der Waals surface area (Å²) in [5.41, 5.74) is 2.44. The summed E-state index contributed by atoms with van der Waals surface area (Å²) in [7, 11) is 0. The quantitative estimate of drug-likeness (QED) is 0.740. The summed E-state index contributed by atoms with van der Waals surface area (Å²) < 4.78 is 34.7. The van der Waals surface area contributed by atoms with Crippen molar-refractivity contribution in [2.45, 2.75) is 31.5 Å². The van der Waals surface area contributed by atoms with Gasteiger partial charge in [0.15, 0.2) is 11.5 Å². The van der Waals surface area contributed by atoms with Gasteiger partial charge in [0.2, 0.25) is 0 Å². The fraction of sp³-hybridized carbons (Fsp3) is 0.316. The highest BCUT2D eigenvalue weighted by molar-refractivity contribution is 6.36. The van der Waals surface area contributed by atoms with E-state index in [-0.39, 0.29) is 41.1 Å². The van der Waals surface area contributed by atoms with Crippen LogP contribution in [0.4, 0.5) is 8.78 Å². The Kier molecular flexibility index (Phi) is 5.34. The average Bonchev–Trinajstić information content (AvgIpc) is 2.60. The van der Waals surface area contributed by atoms with Gasteiger partial charge in [-0.05, 0) is 37.6 Å². The van der Waals surface area contributed by atoms with E-state index in [1.54, 1.807) is 0 Å². The molecule has 2 heterocycles. The lowest BCUT2D eigenvalue weighted by Gasteiger charge is -2.40. The lowest BCUT2D eigenvalue weighted by Crippen LogP contribution is -2.52. The number of pyridine rings is 1. The summed E-state index contributed by atoms with van der Waals surface area (Å²) >= 11 is 11.8. The monoisotopic (exact) mass is 427 g/mol. The van der Waals surface area contributed by atoms with Crippen molar-refractivity contribution in [2.24, 2.45) is 10.7 Å². The molecule has 28 heavy (non-hydrogen) atoms. The van der Waals surface area contributed by atoms with E-state index in [0.717, 1.165) is 6.07 Å². The Labute approximate surface area is 170 Å². The number of halogens is 4. The molecular formula is C19H17Cl2F2N3O2. The number of ketones is 1. The molecule has 0 fully saturated rings. The number of benzene rings is 1. The molecule has 148 valence electrons. The normalized spacial score (nSPS) is 24.4. The van der Waals surface area contributed by atoms with E-state index in [4.69, 9.17) is 33.7 Å². The van der Waals surface area contributed by atoms with Gasteiger partial charge in [-0.25, -0.2) is 18.8 Å². The number of aromatic nitrogens is 1. The number of nitrogens with two attached hydrogens (primary N) is 1. The number of Topliss-reactive ketones (excluding diaryl/α,β-unsaturated/α-hetero) is 1. The zero-order chi connectivity index (χ0) is 20.7. The number of hydrogen-bond donors (Lipinski definition) is 1. The van der Waals surface area contributed by atoms with Gasteiger partial charge in [-0.3, -0.25) is 4.79 Å². The number of amidine groups is 1. The Morgan fingerprint density at radius 2 is 2.04 bits per heavy atom. The topological polar surface area (TPSA) is 77.6 Å². The standard InChI is InChI=1S/C19H17Cl2F2N3O2/c1-18(23)9-28-17(24)26-19(18,2)12-5-10(3-4-14(12)22)6-15(27)16-13(21)7-11(20)8-25-16/h3-5,7-8H,6,9H2,1-2H3,(H2,24,26)/t18-,19+/m0/s1. The number of carbonyl (C=O) groups excluding carboxylic acids is 1. The highest BCUT2D eigenvalue weighted by atomic mass is 35.5. The number of hydrogen-bond acceptors (Lipinski definition) is 5. The second kappa shape index (κ2) is 7.29. The smallest absolute Gasteiger partial charge is 0.283 e. The minimum atomic E-state index is -2.01. The summed E-state index contributed by atoms with van der Waals surface area (Å²) in [6.45, 7) is 2.33. The van der Waals surface area contributed by atoms with Gasteiger partial charge in [0, 0.05) is 18.2 Å². The molecule has 5 nitrogen and oxygen atoms in total. The SMILES string of the molecule is C[C@]1(F)COC(N)=N[C@]1(C)c1cc(CC(=O)c2ncc(Cl)cc2Cl)ccc1F. The van der Waals surface area contributed by atoms with Crippen molar-refractivity contribution in [3.05, 3.63) is 63.1 Å². The first-order valence-corrected chi connectivity index (χ1v) is 9.09. The molecule has 0 bridgehead atoms. The average molecular weight is 428 g/mol. The van der Waals surface area contributed by atoms with Gasteiger partial charge in [-0.1, -0.05) is 29.3 Å². The van der Waals surface area contributed by atoms with Crippen molar-refractivity contribution in [1.29, 1.82) is 0 Å². The summed E-state index contributed by atoms with van der Waals surface area (Å²) in [6.07, 6.45) is 1.20. The maximum absolute atomic E-state index is 15.1. The Hall–Kier alpha value is -2.25. The minimum absolute atomic E-state index is 0.0239. The number of aliphatic imine (C=N–C) groups is 1. The van der Waals surface area contributed by atoms with Crippen molar-refractivity contribution < 1.29 is 18.3 Å². The van der Waals surface area contributed by atoms with Crippen molar-refractivity contribution in [3.63, 3.8) is 0 Å². The number of ether oxygens (including phenoxy) is 1. The van der Waals surface area contributed by atoms with E-state index >= 15 is 4.39 Å². The molecule has 9 heteroatoms. The van der Waals surface area contributed by atoms with Crippen molar-refractivity contribution in [2.75, 3.05) is 6.61 Å². The molecule has 0 saturated carbocycles. The third kappa shape index (κ3) is 3.69. The largest absolute Gasteiger partial charge is 0.462 e. The molecule has 1 aromatic heterocycles. The summed E-state index contributed by atoms with van der Waals surface area (Å²) in [5, 5.41) is 0.417. The molecular weight excluding hydrogens is 411 g/mol. The lowest BCUT2D eigenvalue weighted by molar-refractivity contribution is 0.00398. The second-order valence-corrected chi connectivity index (χ2v) is 7.75. The van der Waals surface area contributed by atoms with E-state index in [2.05, 4.69) is 9.98 Å². The van der Waals surface area contributed by atoms with Gasteiger partial charge in [-0.15, -0.1) is 0 Å². The second-order valence-electron chi connectivity index (χ2n) is 6.91. The number of carbonyl (C=O) groups is 1.